The maximum absolute atomic E-state index is 12.5. The molecule has 140 valence electrons. The topological polar surface area (TPSA) is 76.9 Å². The van der Waals surface area contributed by atoms with Gasteiger partial charge in [-0.1, -0.05) is 53.5 Å². The molecule has 6 nitrogen and oxygen atoms in total. The summed E-state index contributed by atoms with van der Waals surface area (Å²) >= 11 is 0. The van der Waals surface area contributed by atoms with Crippen molar-refractivity contribution < 1.29 is 4.79 Å². The van der Waals surface area contributed by atoms with Crippen molar-refractivity contribution in [1.29, 1.82) is 0 Å². The number of benzene rings is 3. The molecule has 0 spiro atoms. The number of rotatable bonds is 3. The number of hydrogen-bond donors (Lipinski definition) is 1. The standard InChI is InChI=1S/C23H16N4O2/c28-22(16-27-23(29)20-11-4-5-12-21(20)25-26-27)24-19-10-6-9-18(15-19)14-13-17-7-2-1-3-8-17/h1-12,15H,16H2,(H,24,28). The maximum atomic E-state index is 12.5. The molecule has 1 N–H and O–H groups in total. The lowest BCUT2D eigenvalue weighted by molar-refractivity contribution is -0.117. The highest BCUT2D eigenvalue weighted by Gasteiger charge is 2.09. The molecule has 1 heterocycles. The average Bonchev–Trinajstić information content (AvgIpc) is 2.75. The van der Waals surface area contributed by atoms with E-state index >= 15 is 0 Å². The molecule has 0 aliphatic heterocycles. The summed E-state index contributed by atoms with van der Waals surface area (Å²) in [6.45, 7) is -0.226. The minimum absolute atomic E-state index is 0.226. The Balaban J connectivity index is 1.49. The van der Waals surface area contributed by atoms with Crippen LogP contribution in [0.15, 0.2) is 83.7 Å². The Morgan fingerprint density at radius 3 is 2.48 bits per heavy atom. The Morgan fingerprint density at radius 1 is 0.897 bits per heavy atom. The fourth-order valence-electron chi connectivity index (χ4n) is 2.80. The summed E-state index contributed by atoms with van der Waals surface area (Å²) in [5.41, 5.74) is 2.43. The van der Waals surface area contributed by atoms with Crippen LogP contribution in [0.2, 0.25) is 0 Å². The van der Waals surface area contributed by atoms with Gasteiger partial charge in [0.05, 0.1) is 5.39 Å². The zero-order chi connectivity index (χ0) is 20.1. The molecule has 0 atom stereocenters. The van der Waals surface area contributed by atoms with Gasteiger partial charge in [0, 0.05) is 16.8 Å². The largest absolute Gasteiger partial charge is 0.324 e. The van der Waals surface area contributed by atoms with Gasteiger partial charge in [0.15, 0.2) is 0 Å². The first-order valence-corrected chi connectivity index (χ1v) is 8.98. The third-order valence-corrected chi connectivity index (χ3v) is 4.19. The molecule has 1 aromatic heterocycles. The molecule has 6 heteroatoms. The molecular formula is C23H16N4O2. The summed E-state index contributed by atoms with van der Waals surface area (Å²) in [5, 5.41) is 11.0. The molecule has 0 aliphatic carbocycles. The lowest BCUT2D eigenvalue weighted by atomic mass is 10.1. The van der Waals surface area contributed by atoms with Crippen molar-refractivity contribution in [2.24, 2.45) is 0 Å². The molecule has 0 radical (unpaired) electrons. The van der Waals surface area contributed by atoms with Crippen LogP contribution in [0.3, 0.4) is 0 Å². The van der Waals surface area contributed by atoms with E-state index < -0.39 is 0 Å². The number of amides is 1. The van der Waals surface area contributed by atoms with Gasteiger partial charge in [-0.25, -0.2) is 4.68 Å². The lowest BCUT2D eigenvalue weighted by Crippen LogP contribution is -2.30. The minimum Gasteiger partial charge on any atom is -0.324 e. The van der Waals surface area contributed by atoms with E-state index in [-0.39, 0.29) is 18.0 Å². The second-order valence-corrected chi connectivity index (χ2v) is 6.31. The van der Waals surface area contributed by atoms with Gasteiger partial charge in [0.25, 0.3) is 5.56 Å². The summed E-state index contributed by atoms with van der Waals surface area (Å²) in [6.07, 6.45) is 0. The van der Waals surface area contributed by atoms with Crippen LogP contribution in [0.4, 0.5) is 5.69 Å². The van der Waals surface area contributed by atoms with E-state index in [4.69, 9.17) is 0 Å². The minimum atomic E-state index is -0.371. The number of nitrogens with one attached hydrogen (secondary N) is 1. The van der Waals surface area contributed by atoms with Crippen molar-refractivity contribution in [3.63, 3.8) is 0 Å². The van der Waals surface area contributed by atoms with E-state index in [2.05, 4.69) is 27.5 Å². The van der Waals surface area contributed by atoms with Crippen LogP contribution >= 0.6 is 0 Å². The molecule has 0 aliphatic rings. The summed E-state index contributed by atoms with van der Waals surface area (Å²) < 4.78 is 1.05. The molecule has 29 heavy (non-hydrogen) atoms. The lowest BCUT2D eigenvalue weighted by Gasteiger charge is -2.07. The molecule has 4 aromatic rings. The normalized spacial score (nSPS) is 10.2. The van der Waals surface area contributed by atoms with Crippen molar-refractivity contribution >= 4 is 22.5 Å². The molecular weight excluding hydrogens is 364 g/mol. The third-order valence-electron chi connectivity index (χ3n) is 4.19. The second-order valence-electron chi connectivity index (χ2n) is 6.31. The smallest absolute Gasteiger partial charge is 0.278 e. The molecule has 3 aromatic carbocycles. The number of hydrogen-bond acceptors (Lipinski definition) is 4. The molecule has 0 unspecified atom stereocenters. The van der Waals surface area contributed by atoms with Crippen LogP contribution < -0.4 is 10.9 Å². The van der Waals surface area contributed by atoms with E-state index in [1.165, 1.54) is 0 Å². The number of aromatic nitrogens is 3. The van der Waals surface area contributed by atoms with Gasteiger partial charge in [0.1, 0.15) is 12.1 Å². The SMILES string of the molecule is O=C(Cn1nnc2ccccc2c1=O)Nc1cccc(C#Cc2ccccc2)c1. The number of fused-ring (bicyclic) bond motifs is 1. The molecule has 0 fully saturated rings. The molecule has 0 bridgehead atoms. The maximum Gasteiger partial charge on any atom is 0.278 e. The first-order chi connectivity index (χ1) is 14.2. The highest BCUT2D eigenvalue weighted by atomic mass is 16.2. The first-order valence-electron chi connectivity index (χ1n) is 8.98. The highest BCUT2D eigenvalue weighted by molar-refractivity contribution is 5.90. The predicted molar refractivity (Wildman–Crippen MR) is 111 cm³/mol. The van der Waals surface area contributed by atoms with Crippen LogP contribution in [0.5, 0.6) is 0 Å². The first kappa shape index (κ1) is 18.1. The fourth-order valence-corrected chi connectivity index (χ4v) is 2.80. The Bertz CT molecular complexity index is 1300. The Kier molecular flexibility index (Phi) is 5.12. The second kappa shape index (κ2) is 8.19. The fraction of sp³-hybridized carbons (Fsp3) is 0.0435. The average molecular weight is 380 g/mol. The van der Waals surface area contributed by atoms with E-state index in [0.29, 0.717) is 16.6 Å². The zero-order valence-corrected chi connectivity index (χ0v) is 15.4. The molecule has 4 rings (SSSR count). The summed E-state index contributed by atoms with van der Waals surface area (Å²) in [6, 6.07) is 23.8. The van der Waals surface area contributed by atoms with Crippen LogP contribution in [-0.4, -0.2) is 20.9 Å². The van der Waals surface area contributed by atoms with Gasteiger partial charge in [-0.05, 0) is 42.5 Å². The van der Waals surface area contributed by atoms with Gasteiger partial charge >= 0.3 is 0 Å². The number of carbonyl (C=O) groups excluding carboxylic acids is 1. The van der Waals surface area contributed by atoms with Gasteiger partial charge in [0.2, 0.25) is 5.91 Å². The van der Waals surface area contributed by atoms with Gasteiger partial charge in [-0.2, -0.15) is 0 Å². The molecule has 1 amide bonds. The van der Waals surface area contributed by atoms with Gasteiger partial charge < -0.3 is 5.32 Å². The Hall–Kier alpha value is -4.24. The van der Waals surface area contributed by atoms with Crippen molar-refractivity contribution in [3.8, 4) is 11.8 Å². The van der Waals surface area contributed by atoms with Crippen molar-refractivity contribution in [2.75, 3.05) is 5.32 Å². The number of nitrogens with zero attached hydrogens (tertiary/aromatic N) is 3. The van der Waals surface area contributed by atoms with Gasteiger partial charge in [-0.15, -0.1) is 5.10 Å². The Labute approximate surface area is 166 Å². The van der Waals surface area contributed by atoms with Crippen LogP contribution in [0.25, 0.3) is 10.9 Å². The highest BCUT2D eigenvalue weighted by Crippen LogP contribution is 2.10. The Morgan fingerprint density at radius 2 is 1.62 bits per heavy atom. The molecule has 0 saturated heterocycles. The van der Waals surface area contributed by atoms with E-state index in [1.54, 1.807) is 36.4 Å². The summed E-state index contributed by atoms with van der Waals surface area (Å²) in [4.78, 5) is 24.8. The van der Waals surface area contributed by atoms with Crippen molar-refractivity contribution in [1.82, 2.24) is 15.0 Å². The number of anilines is 1. The van der Waals surface area contributed by atoms with Crippen molar-refractivity contribution in [3.05, 3.63) is 100 Å². The third kappa shape index (κ3) is 4.37. The van der Waals surface area contributed by atoms with Crippen LogP contribution in [-0.2, 0) is 11.3 Å². The predicted octanol–water partition coefficient (Wildman–Crippen LogP) is 2.83. The van der Waals surface area contributed by atoms with E-state index in [9.17, 15) is 9.59 Å². The van der Waals surface area contributed by atoms with Crippen LogP contribution in [0.1, 0.15) is 11.1 Å². The monoisotopic (exact) mass is 380 g/mol. The van der Waals surface area contributed by atoms with E-state index in [0.717, 1.165) is 15.8 Å². The quantitative estimate of drug-likeness (QED) is 0.555. The van der Waals surface area contributed by atoms with E-state index in [1.807, 2.05) is 42.5 Å². The number of carbonyl (C=O) groups is 1. The van der Waals surface area contributed by atoms with Gasteiger partial charge in [-0.3, -0.25) is 9.59 Å². The summed E-state index contributed by atoms with van der Waals surface area (Å²) in [7, 11) is 0. The van der Waals surface area contributed by atoms with Crippen LogP contribution in [0, 0.1) is 11.8 Å². The molecule has 0 saturated carbocycles. The van der Waals surface area contributed by atoms with Crippen molar-refractivity contribution in [2.45, 2.75) is 6.54 Å². The zero-order valence-electron chi connectivity index (χ0n) is 15.4. The summed E-state index contributed by atoms with van der Waals surface area (Å²) in [5.74, 6) is 5.78.